The SMILES string of the molecule is COc1nc(N)nc(C)c1C. The number of hydrogen-bond donors (Lipinski definition) is 1. The maximum absolute atomic E-state index is 5.40. The van der Waals surface area contributed by atoms with Gasteiger partial charge in [-0.15, -0.1) is 0 Å². The van der Waals surface area contributed by atoms with Gasteiger partial charge in [0.2, 0.25) is 11.8 Å². The summed E-state index contributed by atoms with van der Waals surface area (Å²) in [5.41, 5.74) is 7.19. The number of nitrogens with two attached hydrogens (primary N) is 1. The Bertz CT molecular complexity index is 273. The molecule has 0 aliphatic heterocycles. The predicted octanol–water partition coefficient (Wildman–Crippen LogP) is 0.684. The summed E-state index contributed by atoms with van der Waals surface area (Å²) < 4.78 is 4.98. The molecule has 0 unspecified atom stereocenters. The summed E-state index contributed by atoms with van der Waals surface area (Å²) in [6.45, 7) is 3.77. The fourth-order valence-electron chi connectivity index (χ4n) is 0.822. The van der Waals surface area contributed by atoms with Crippen molar-refractivity contribution in [1.29, 1.82) is 0 Å². The van der Waals surface area contributed by atoms with E-state index >= 15 is 0 Å². The van der Waals surface area contributed by atoms with Crippen molar-refractivity contribution >= 4 is 5.95 Å². The van der Waals surface area contributed by atoms with Gasteiger partial charge in [0.25, 0.3) is 0 Å². The van der Waals surface area contributed by atoms with Gasteiger partial charge in [-0.3, -0.25) is 0 Å². The molecule has 1 aromatic rings. The third kappa shape index (κ3) is 1.39. The van der Waals surface area contributed by atoms with Crippen molar-refractivity contribution in [2.75, 3.05) is 12.8 Å². The quantitative estimate of drug-likeness (QED) is 0.644. The van der Waals surface area contributed by atoms with Gasteiger partial charge in [-0.25, -0.2) is 4.98 Å². The summed E-state index contributed by atoms with van der Waals surface area (Å²) in [5, 5.41) is 0. The summed E-state index contributed by atoms with van der Waals surface area (Å²) in [4.78, 5) is 7.86. The molecule has 0 aromatic carbocycles. The molecule has 1 rings (SSSR count). The lowest BCUT2D eigenvalue weighted by atomic mass is 10.3. The average molecular weight is 153 g/mol. The molecule has 0 bridgehead atoms. The van der Waals surface area contributed by atoms with Crippen molar-refractivity contribution < 1.29 is 4.74 Å². The normalized spacial score (nSPS) is 9.73. The van der Waals surface area contributed by atoms with E-state index in [-0.39, 0.29) is 5.95 Å². The maximum atomic E-state index is 5.40. The lowest BCUT2D eigenvalue weighted by molar-refractivity contribution is 0.393. The maximum Gasteiger partial charge on any atom is 0.223 e. The Morgan fingerprint density at radius 3 is 2.45 bits per heavy atom. The van der Waals surface area contributed by atoms with Crippen molar-refractivity contribution in [2.45, 2.75) is 13.8 Å². The van der Waals surface area contributed by atoms with Gasteiger partial charge in [0.05, 0.1) is 7.11 Å². The number of anilines is 1. The number of aryl methyl sites for hydroxylation is 1. The van der Waals surface area contributed by atoms with E-state index in [1.807, 2.05) is 13.8 Å². The molecular formula is C7H11N3O. The smallest absolute Gasteiger partial charge is 0.223 e. The Kier molecular flexibility index (Phi) is 1.94. The van der Waals surface area contributed by atoms with Crippen molar-refractivity contribution in [3.05, 3.63) is 11.3 Å². The molecule has 1 heterocycles. The van der Waals surface area contributed by atoms with Gasteiger partial charge in [-0.2, -0.15) is 4.98 Å². The minimum atomic E-state index is 0.255. The predicted molar refractivity (Wildman–Crippen MR) is 42.5 cm³/mol. The molecule has 0 radical (unpaired) electrons. The Labute approximate surface area is 65.4 Å². The first-order valence-corrected chi connectivity index (χ1v) is 3.30. The van der Waals surface area contributed by atoms with E-state index in [1.54, 1.807) is 7.11 Å². The molecular weight excluding hydrogens is 142 g/mol. The Morgan fingerprint density at radius 1 is 1.27 bits per heavy atom. The van der Waals surface area contributed by atoms with Crippen LogP contribution in [0, 0.1) is 13.8 Å². The number of rotatable bonds is 1. The zero-order chi connectivity index (χ0) is 8.43. The van der Waals surface area contributed by atoms with Crippen LogP contribution in [0.3, 0.4) is 0 Å². The number of aromatic nitrogens is 2. The van der Waals surface area contributed by atoms with E-state index in [2.05, 4.69) is 9.97 Å². The van der Waals surface area contributed by atoms with Crippen LogP contribution in [0.5, 0.6) is 5.88 Å². The van der Waals surface area contributed by atoms with Gasteiger partial charge in [0.1, 0.15) is 0 Å². The molecule has 0 fully saturated rings. The summed E-state index contributed by atoms with van der Waals surface area (Å²) in [6.07, 6.45) is 0. The standard InChI is InChI=1S/C7H11N3O/c1-4-5(2)9-7(8)10-6(4)11-3/h1-3H3,(H2,8,9,10). The fraction of sp³-hybridized carbons (Fsp3) is 0.429. The molecule has 60 valence electrons. The largest absolute Gasteiger partial charge is 0.481 e. The van der Waals surface area contributed by atoms with Crippen LogP contribution >= 0.6 is 0 Å². The molecule has 0 saturated carbocycles. The molecule has 4 nitrogen and oxygen atoms in total. The first-order chi connectivity index (χ1) is 5.15. The zero-order valence-electron chi connectivity index (χ0n) is 6.88. The third-order valence-electron chi connectivity index (χ3n) is 1.56. The van der Waals surface area contributed by atoms with Crippen molar-refractivity contribution in [3.8, 4) is 5.88 Å². The summed E-state index contributed by atoms with van der Waals surface area (Å²) in [5.74, 6) is 0.806. The van der Waals surface area contributed by atoms with Crippen molar-refractivity contribution in [3.63, 3.8) is 0 Å². The van der Waals surface area contributed by atoms with Crippen LogP contribution in [0.1, 0.15) is 11.3 Å². The van der Waals surface area contributed by atoms with Gasteiger partial charge in [-0.1, -0.05) is 0 Å². The first kappa shape index (κ1) is 7.78. The van der Waals surface area contributed by atoms with E-state index in [1.165, 1.54) is 0 Å². The van der Waals surface area contributed by atoms with E-state index < -0.39 is 0 Å². The molecule has 11 heavy (non-hydrogen) atoms. The highest BCUT2D eigenvalue weighted by Gasteiger charge is 2.04. The highest BCUT2D eigenvalue weighted by Crippen LogP contribution is 2.16. The Hall–Kier alpha value is -1.32. The van der Waals surface area contributed by atoms with Crippen LogP contribution in [0.15, 0.2) is 0 Å². The number of hydrogen-bond acceptors (Lipinski definition) is 4. The molecule has 0 atom stereocenters. The highest BCUT2D eigenvalue weighted by molar-refractivity contribution is 5.34. The molecule has 2 N–H and O–H groups in total. The summed E-state index contributed by atoms with van der Waals surface area (Å²) in [6, 6.07) is 0. The fourth-order valence-corrected chi connectivity index (χ4v) is 0.822. The number of nitrogen functional groups attached to an aromatic ring is 1. The van der Waals surface area contributed by atoms with Crippen molar-refractivity contribution in [2.24, 2.45) is 0 Å². The van der Waals surface area contributed by atoms with E-state index in [4.69, 9.17) is 10.5 Å². The van der Waals surface area contributed by atoms with Crippen LogP contribution in [0.4, 0.5) is 5.95 Å². The number of nitrogens with zero attached hydrogens (tertiary/aromatic N) is 2. The second-order valence-electron chi connectivity index (χ2n) is 2.30. The lowest BCUT2D eigenvalue weighted by Crippen LogP contribution is -2.02. The average Bonchev–Trinajstić information content (AvgIpc) is 1.96. The summed E-state index contributed by atoms with van der Waals surface area (Å²) >= 11 is 0. The van der Waals surface area contributed by atoms with E-state index in [0.717, 1.165) is 11.3 Å². The van der Waals surface area contributed by atoms with Crippen LogP contribution in [-0.2, 0) is 0 Å². The van der Waals surface area contributed by atoms with Gasteiger partial charge >= 0.3 is 0 Å². The second kappa shape index (κ2) is 2.74. The van der Waals surface area contributed by atoms with E-state index in [0.29, 0.717) is 5.88 Å². The molecule has 0 saturated heterocycles. The van der Waals surface area contributed by atoms with Gasteiger partial charge < -0.3 is 10.5 Å². The Balaban J connectivity index is 3.24. The van der Waals surface area contributed by atoms with E-state index in [9.17, 15) is 0 Å². The molecule has 0 amide bonds. The van der Waals surface area contributed by atoms with Crippen LogP contribution in [0.25, 0.3) is 0 Å². The number of ether oxygens (including phenoxy) is 1. The molecule has 0 aliphatic rings. The summed E-state index contributed by atoms with van der Waals surface area (Å²) in [7, 11) is 1.56. The van der Waals surface area contributed by atoms with Crippen molar-refractivity contribution in [1.82, 2.24) is 9.97 Å². The van der Waals surface area contributed by atoms with Gasteiger partial charge in [-0.05, 0) is 13.8 Å². The van der Waals surface area contributed by atoms with Gasteiger partial charge in [0, 0.05) is 11.3 Å². The molecule has 4 heteroatoms. The highest BCUT2D eigenvalue weighted by atomic mass is 16.5. The van der Waals surface area contributed by atoms with Gasteiger partial charge in [0.15, 0.2) is 0 Å². The topological polar surface area (TPSA) is 61.0 Å². The molecule has 1 aromatic heterocycles. The Morgan fingerprint density at radius 2 is 1.91 bits per heavy atom. The van der Waals surface area contributed by atoms with Crippen LogP contribution in [-0.4, -0.2) is 17.1 Å². The van der Waals surface area contributed by atoms with Crippen LogP contribution < -0.4 is 10.5 Å². The first-order valence-electron chi connectivity index (χ1n) is 3.30. The minimum absolute atomic E-state index is 0.255. The second-order valence-corrected chi connectivity index (χ2v) is 2.30. The lowest BCUT2D eigenvalue weighted by Gasteiger charge is -2.05. The minimum Gasteiger partial charge on any atom is -0.481 e. The third-order valence-corrected chi connectivity index (χ3v) is 1.56. The zero-order valence-corrected chi connectivity index (χ0v) is 6.88. The molecule has 0 aliphatic carbocycles. The van der Waals surface area contributed by atoms with Crippen LogP contribution in [0.2, 0.25) is 0 Å². The number of methoxy groups -OCH3 is 1. The monoisotopic (exact) mass is 153 g/mol. The molecule has 0 spiro atoms.